The molecule has 3 aromatic rings. The van der Waals surface area contributed by atoms with Crippen LogP contribution in [0.1, 0.15) is 6.92 Å². The smallest absolute Gasteiger partial charge is 0.169 e. The molecule has 0 aromatic carbocycles. The summed E-state index contributed by atoms with van der Waals surface area (Å²) >= 11 is 2.35. The number of hydrazine groups is 1. The molecule has 2 fully saturated rings. The summed E-state index contributed by atoms with van der Waals surface area (Å²) in [5.41, 5.74) is 2.89. The number of piperazine rings is 1. The molecule has 0 bridgehead atoms. The van der Waals surface area contributed by atoms with Gasteiger partial charge in [0, 0.05) is 45.0 Å². The molecule has 0 aliphatic carbocycles. The van der Waals surface area contributed by atoms with E-state index in [1.165, 1.54) is 0 Å². The van der Waals surface area contributed by atoms with Gasteiger partial charge in [-0.1, -0.05) is 0 Å². The Hall–Kier alpha value is -1.53. The van der Waals surface area contributed by atoms with Crippen molar-refractivity contribution in [1.29, 1.82) is 0 Å². The zero-order chi connectivity index (χ0) is 20.7. The summed E-state index contributed by atoms with van der Waals surface area (Å²) in [6, 6.07) is 4.46. The highest BCUT2D eigenvalue weighted by Gasteiger charge is 2.26. The molecule has 2 atom stereocenters. The van der Waals surface area contributed by atoms with Crippen molar-refractivity contribution in [2.45, 2.75) is 13.0 Å². The standard InChI is InChI=1S/C18H25IN9OP/c1-13-12-29-9-8-26(13)16-10-17(24-4-6-25(20)7-5-24)27-18(23-16)14(11-22-27)15-2-3-21-28(15)30-19/h2-3,10-11,13,30H,4-9,12,20H2,1H3/t13-/m1/s1. The zero-order valence-electron chi connectivity index (χ0n) is 16.8. The summed E-state index contributed by atoms with van der Waals surface area (Å²) in [4.78, 5) is 9.76. The number of fused-ring (bicyclic) bond motifs is 1. The first-order chi connectivity index (χ1) is 14.7. The van der Waals surface area contributed by atoms with Gasteiger partial charge in [0.25, 0.3) is 0 Å². The highest BCUT2D eigenvalue weighted by Crippen LogP contribution is 2.34. The van der Waals surface area contributed by atoms with Gasteiger partial charge in [0.2, 0.25) is 0 Å². The van der Waals surface area contributed by atoms with Gasteiger partial charge in [0.05, 0.1) is 43.1 Å². The van der Waals surface area contributed by atoms with Crippen molar-refractivity contribution < 1.29 is 4.74 Å². The molecule has 12 heteroatoms. The SMILES string of the molecule is C[C@@H]1COCCN1c1cc(N2CCN(N)CC2)n2ncc(-c3ccnn3PI)c2n1. The van der Waals surface area contributed by atoms with Crippen LogP contribution in [0.4, 0.5) is 11.6 Å². The predicted octanol–water partition coefficient (Wildman–Crippen LogP) is 1.61. The minimum absolute atomic E-state index is 0.273. The minimum atomic E-state index is 0.273. The molecule has 3 aromatic heterocycles. The van der Waals surface area contributed by atoms with Crippen molar-refractivity contribution >= 4 is 45.7 Å². The van der Waals surface area contributed by atoms with E-state index in [9.17, 15) is 0 Å². The molecule has 2 aliphatic rings. The van der Waals surface area contributed by atoms with E-state index in [1.54, 1.807) is 0 Å². The lowest BCUT2D eigenvalue weighted by Gasteiger charge is -2.36. The number of rotatable bonds is 4. The molecule has 1 unspecified atom stereocenters. The summed E-state index contributed by atoms with van der Waals surface area (Å²) in [5.74, 6) is 8.01. The van der Waals surface area contributed by atoms with Crippen LogP contribution in [0.5, 0.6) is 0 Å². The number of hydrogen-bond acceptors (Lipinski definition) is 8. The first kappa shape index (κ1) is 20.4. The van der Waals surface area contributed by atoms with Gasteiger partial charge in [0.1, 0.15) is 11.6 Å². The second-order valence-electron chi connectivity index (χ2n) is 7.62. The molecular formula is C18H25IN9OP. The second-order valence-corrected chi connectivity index (χ2v) is 9.66. The fourth-order valence-corrected chi connectivity index (χ4v) is 5.63. The molecule has 0 spiro atoms. The van der Waals surface area contributed by atoms with Crippen LogP contribution in [0.2, 0.25) is 0 Å². The molecule has 2 aliphatic heterocycles. The molecule has 30 heavy (non-hydrogen) atoms. The van der Waals surface area contributed by atoms with Gasteiger partial charge in [-0.3, -0.25) is 5.84 Å². The van der Waals surface area contributed by atoms with Gasteiger partial charge in [-0.05, 0) is 35.0 Å². The highest BCUT2D eigenvalue weighted by atomic mass is 127. The van der Waals surface area contributed by atoms with Crippen LogP contribution in [0.25, 0.3) is 16.9 Å². The Bertz CT molecular complexity index is 1030. The lowest BCUT2D eigenvalue weighted by molar-refractivity contribution is 0.0985. The maximum Gasteiger partial charge on any atom is 0.169 e. The first-order valence-corrected chi connectivity index (χ1v) is 14.1. The summed E-state index contributed by atoms with van der Waals surface area (Å²) in [6.45, 7) is 7.80. The maximum atomic E-state index is 5.99. The molecule has 0 radical (unpaired) electrons. The molecule has 160 valence electrons. The number of nitrogens with zero attached hydrogens (tertiary/aromatic N) is 8. The number of anilines is 2. The average molecular weight is 541 g/mol. The monoisotopic (exact) mass is 541 g/mol. The van der Waals surface area contributed by atoms with E-state index >= 15 is 0 Å². The Morgan fingerprint density at radius 2 is 2.03 bits per heavy atom. The maximum absolute atomic E-state index is 5.99. The third kappa shape index (κ3) is 3.66. The van der Waals surface area contributed by atoms with E-state index in [1.807, 2.05) is 32.4 Å². The van der Waals surface area contributed by atoms with Gasteiger partial charge in [-0.25, -0.2) is 14.4 Å². The van der Waals surface area contributed by atoms with Crippen LogP contribution >= 0.6 is 28.4 Å². The van der Waals surface area contributed by atoms with Gasteiger partial charge >= 0.3 is 0 Å². The van der Waals surface area contributed by atoms with Crippen LogP contribution in [0, 0.1) is 0 Å². The number of nitrogens with two attached hydrogens (primary N) is 1. The fourth-order valence-electron chi connectivity index (χ4n) is 4.08. The third-order valence-electron chi connectivity index (χ3n) is 5.74. The van der Waals surface area contributed by atoms with Crippen LogP contribution in [0.3, 0.4) is 0 Å². The molecule has 5 rings (SSSR count). The lowest BCUT2D eigenvalue weighted by Crippen LogP contribution is -2.50. The minimum Gasteiger partial charge on any atom is -0.377 e. The topological polar surface area (TPSA) is 93.0 Å². The van der Waals surface area contributed by atoms with Crippen LogP contribution in [0.15, 0.2) is 24.5 Å². The second kappa shape index (κ2) is 8.54. The van der Waals surface area contributed by atoms with Gasteiger partial charge in [-0.2, -0.15) is 14.7 Å². The van der Waals surface area contributed by atoms with Crippen LogP contribution < -0.4 is 15.6 Å². The third-order valence-corrected chi connectivity index (χ3v) is 7.63. The molecule has 0 amide bonds. The number of morpholine rings is 1. The summed E-state index contributed by atoms with van der Waals surface area (Å²) in [7, 11) is 0. The van der Waals surface area contributed by atoms with Crippen molar-refractivity contribution in [3.8, 4) is 11.3 Å². The first-order valence-electron chi connectivity index (χ1n) is 10.0. The van der Waals surface area contributed by atoms with Crippen molar-refractivity contribution in [2.75, 3.05) is 55.7 Å². The molecular weight excluding hydrogens is 516 g/mol. The van der Waals surface area contributed by atoms with E-state index < -0.39 is 0 Å². The molecule has 2 saturated heterocycles. The number of ether oxygens (including phenoxy) is 1. The molecule has 2 N–H and O–H groups in total. The van der Waals surface area contributed by atoms with E-state index in [0.29, 0.717) is 19.6 Å². The quantitative estimate of drug-likeness (QED) is 0.303. The average Bonchev–Trinajstić information content (AvgIpc) is 3.40. The molecule has 10 nitrogen and oxygen atoms in total. The van der Waals surface area contributed by atoms with Crippen LogP contribution in [-0.4, -0.2) is 81.1 Å². The molecule has 5 heterocycles. The lowest BCUT2D eigenvalue weighted by atomic mass is 10.2. The Labute approximate surface area is 189 Å². The van der Waals surface area contributed by atoms with Crippen molar-refractivity contribution in [3.63, 3.8) is 0 Å². The van der Waals surface area contributed by atoms with Crippen molar-refractivity contribution in [3.05, 3.63) is 24.5 Å². The largest absolute Gasteiger partial charge is 0.377 e. The summed E-state index contributed by atoms with van der Waals surface area (Å²) in [6.07, 6.45) is 4.25. The zero-order valence-corrected chi connectivity index (χ0v) is 19.9. The highest BCUT2D eigenvalue weighted by molar-refractivity contribution is 14.2. The van der Waals surface area contributed by atoms with Gasteiger partial charge in [-0.15, -0.1) is 0 Å². The van der Waals surface area contributed by atoms with E-state index in [2.05, 4.69) is 49.9 Å². The Balaban J connectivity index is 1.65. The number of aromatic nitrogens is 5. The fraction of sp³-hybridized carbons (Fsp3) is 0.500. The predicted molar refractivity (Wildman–Crippen MR) is 128 cm³/mol. The Morgan fingerprint density at radius 3 is 2.80 bits per heavy atom. The number of hydrogen-bond donors (Lipinski definition) is 1. The molecule has 0 saturated carbocycles. The van der Waals surface area contributed by atoms with Crippen molar-refractivity contribution in [2.24, 2.45) is 5.84 Å². The van der Waals surface area contributed by atoms with E-state index in [0.717, 1.165) is 61.3 Å². The Kier molecular flexibility index (Phi) is 5.80. The van der Waals surface area contributed by atoms with E-state index in [4.69, 9.17) is 20.7 Å². The summed E-state index contributed by atoms with van der Waals surface area (Å²) < 4.78 is 9.61. The number of halogens is 1. The van der Waals surface area contributed by atoms with Gasteiger partial charge < -0.3 is 14.5 Å². The Morgan fingerprint density at radius 1 is 1.20 bits per heavy atom. The summed E-state index contributed by atoms with van der Waals surface area (Å²) in [5, 5.41) is 11.0. The van der Waals surface area contributed by atoms with Gasteiger partial charge in [0.15, 0.2) is 5.65 Å². The van der Waals surface area contributed by atoms with Crippen molar-refractivity contribution in [1.82, 2.24) is 29.2 Å². The normalized spacial score (nSPS) is 21.4. The van der Waals surface area contributed by atoms with E-state index in [-0.39, 0.29) is 6.04 Å². The van der Waals surface area contributed by atoms with Crippen LogP contribution in [-0.2, 0) is 4.74 Å².